The van der Waals surface area contributed by atoms with Gasteiger partial charge in [-0.25, -0.2) is 0 Å². The van der Waals surface area contributed by atoms with Gasteiger partial charge in [-0.05, 0) is 46.0 Å². The van der Waals surface area contributed by atoms with Gasteiger partial charge in [0.25, 0.3) is 0 Å². The Hall–Kier alpha value is -1.61. The molecule has 0 fully saturated rings. The van der Waals surface area contributed by atoms with Crippen molar-refractivity contribution in [1.82, 2.24) is 0 Å². The van der Waals surface area contributed by atoms with Crippen LogP contribution in [-0.2, 0) is 4.79 Å². The van der Waals surface area contributed by atoms with Gasteiger partial charge in [0.2, 0.25) is 0 Å². The molecule has 0 unspecified atom stereocenters. The second-order valence-electron chi connectivity index (χ2n) is 6.17. The number of rotatable bonds is 14. The Morgan fingerprint density at radius 2 is 1.58 bits per heavy atom. The average molecular weight is 335 g/mol. The fourth-order valence-electron chi connectivity index (χ4n) is 2.24. The van der Waals surface area contributed by atoms with Gasteiger partial charge in [0.15, 0.2) is 0 Å². The summed E-state index contributed by atoms with van der Waals surface area (Å²) in [7, 11) is 0. The van der Waals surface area contributed by atoms with E-state index >= 15 is 0 Å². The lowest BCUT2D eigenvalue weighted by Gasteiger charge is -2.01. The first kappa shape index (κ1) is 22.4. The predicted octanol–water partition coefficient (Wildman–Crippen LogP) is 5.58. The second-order valence-corrected chi connectivity index (χ2v) is 6.17. The molecule has 0 heterocycles. The molecule has 0 aromatic heterocycles. The Bertz CT molecular complexity index is 430. The molecule has 2 N–H and O–H groups in total. The van der Waals surface area contributed by atoms with Gasteiger partial charge in [0.1, 0.15) is 0 Å². The minimum absolute atomic E-state index is 0.205. The number of unbranched alkanes of at least 4 members (excludes halogenated alkanes) is 5. The lowest BCUT2D eigenvalue weighted by molar-refractivity contribution is -0.139. The molecule has 0 bridgehead atoms. The summed E-state index contributed by atoms with van der Waals surface area (Å²) < 4.78 is 0. The zero-order valence-corrected chi connectivity index (χ0v) is 15.3. The number of carbonyl (C=O) groups is 1. The number of carboxylic acids is 1. The van der Waals surface area contributed by atoms with Crippen molar-refractivity contribution < 1.29 is 15.0 Å². The zero-order valence-electron chi connectivity index (χ0n) is 15.3. The standard InChI is InChI=1S/C21H34O3/c1-3-19(2)16-14-12-10-8-6-4-5-7-9-11-13-15-17-20(22)18-21(23)24/h3,5,7,9,11,13,15,20,22H,4,6,8,10,12,14,16-18H2,1-2H3,(H,23,24)/b7-5-,11-9+,15-13-,19-3?/t20-/m1/s1. The SMILES string of the molecule is CC=C(C)CCCCCCC\C=C/C=C/C=C\C[C@@H](O)CC(=O)O. The molecule has 0 amide bonds. The molecule has 0 saturated heterocycles. The number of hydrogen-bond acceptors (Lipinski definition) is 2. The van der Waals surface area contributed by atoms with E-state index < -0.39 is 12.1 Å². The Kier molecular flexibility index (Phi) is 15.2. The summed E-state index contributed by atoms with van der Waals surface area (Å²) in [6.45, 7) is 4.31. The normalized spacial score (nSPS) is 14.2. The topological polar surface area (TPSA) is 57.5 Å². The van der Waals surface area contributed by atoms with E-state index in [1.807, 2.05) is 24.3 Å². The molecule has 0 saturated carbocycles. The second kappa shape index (κ2) is 16.3. The van der Waals surface area contributed by atoms with Gasteiger partial charge in [-0.2, -0.15) is 0 Å². The third-order valence-electron chi connectivity index (χ3n) is 3.86. The van der Waals surface area contributed by atoms with Gasteiger partial charge in [-0.15, -0.1) is 0 Å². The molecule has 0 aliphatic carbocycles. The molecule has 0 aliphatic heterocycles. The first-order valence-corrected chi connectivity index (χ1v) is 9.06. The molecule has 136 valence electrons. The number of hydrogen-bond donors (Lipinski definition) is 2. The van der Waals surface area contributed by atoms with E-state index in [0.717, 1.165) is 6.42 Å². The molecule has 3 nitrogen and oxygen atoms in total. The summed E-state index contributed by atoms with van der Waals surface area (Å²) in [5.74, 6) is -0.970. The largest absolute Gasteiger partial charge is 0.481 e. The Labute approximate surface area is 147 Å². The first-order chi connectivity index (χ1) is 11.6. The van der Waals surface area contributed by atoms with Crippen LogP contribution in [0.3, 0.4) is 0 Å². The molecule has 24 heavy (non-hydrogen) atoms. The highest BCUT2D eigenvalue weighted by Crippen LogP contribution is 2.11. The highest BCUT2D eigenvalue weighted by molar-refractivity contribution is 5.67. The van der Waals surface area contributed by atoms with Crippen molar-refractivity contribution >= 4 is 5.97 Å². The number of aliphatic hydroxyl groups is 1. The smallest absolute Gasteiger partial charge is 0.305 e. The molecule has 0 aromatic rings. The summed E-state index contributed by atoms with van der Waals surface area (Å²) in [6, 6.07) is 0. The van der Waals surface area contributed by atoms with Gasteiger partial charge in [0, 0.05) is 0 Å². The molecule has 1 atom stereocenters. The van der Waals surface area contributed by atoms with Gasteiger partial charge in [-0.1, -0.05) is 67.4 Å². The maximum absolute atomic E-state index is 10.4. The van der Waals surface area contributed by atoms with Crippen LogP contribution < -0.4 is 0 Å². The monoisotopic (exact) mass is 334 g/mol. The van der Waals surface area contributed by atoms with E-state index in [1.165, 1.54) is 44.1 Å². The van der Waals surface area contributed by atoms with Crippen LogP contribution in [0.1, 0.15) is 71.6 Å². The van der Waals surface area contributed by atoms with E-state index in [1.54, 1.807) is 6.08 Å². The molecule has 0 aliphatic rings. The minimum atomic E-state index is -0.970. The van der Waals surface area contributed by atoms with Crippen LogP contribution in [0.25, 0.3) is 0 Å². The molecule has 0 aromatic carbocycles. The van der Waals surface area contributed by atoms with Crippen LogP contribution in [-0.4, -0.2) is 22.3 Å². The summed E-state index contributed by atoms with van der Waals surface area (Å²) in [5.41, 5.74) is 1.50. The summed E-state index contributed by atoms with van der Waals surface area (Å²) in [4.78, 5) is 10.4. The maximum Gasteiger partial charge on any atom is 0.305 e. The Morgan fingerprint density at radius 3 is 2.25 bits per heavy atom. The van der Waals surface area contributed by atoms with Crippen molar-refractivity contribution in [3.05, 3.63) is 48.1 Å². The van der Waals surface area contributed by atoms with Crippen LogP contribution in [0.4, 0.5) is 0 Å². The van der Waals surface area contributed by atoms with E-state index in [2.05, 4.69) is 26.0 Å². The predicted molar refractivity (Wildman–Crippen MR) is 102 cm³/mol. The third-order valence-corrected chi connectivity index (χ3v) is 3.86. The van der Waals surface area contributed by atoms with Crippen molar-refractivity contribution in [1.29, 1.82) is 0 Å². The number of aliphatic carboxylic acids is 1. The first-order valence-electron chi connectivity index (χ1n) is 9.06. The molecule has 3 heteroatoms. The van der Waals surface area contributed by atoms with Gasteiger partial charge in [-0.3, -0.25) is 4.79 Å². The summed E-state index contributed by atoms with van der Waals surface area (Å²) in [5, 5.41) is 17.9. The quantitative estimate of drug-likeness (QED) is 0.248. The lowest BCUT2D eigenvalue weighted by Crippen LogP contribution is -2.11. The Balaban J connectivity index is 3.50. The van der Waals surface area contributed by atoms with Crippen LogP contribution >= 0.6 is 0 Å². The van der Waals surface area contributed by atoms with Gasteiger partial charge >= 0.3 is 5.97 Å². The molecule has 0 rings (SSSR count). The number of aliphatic hydroxyl groups excluding tert-OH is 1. The molecular formula is C21H34O3. The lowest BCUT2D eigenvalue weighted by atomic mass is 10.1. The van der Waals surface area contributed by atoms with Crippen molar-refractivity contribution in [2.45, 2.75) is 77.7 Å². The van der Waals surface area contributed by atoms with Crippen LogP contribution in [0.5, 0.6) is 0 Å². The minimum Gasteiger partial charge on any atom is -0.481 e. The fraction of sp³-hybridized carbons (Fsp3) is 0.571. The van der Waals surface area contributed by atoms with E-state index in [-0.39, 0.29) is 6.42 Å². The van der Waals surface area contributed by atoms with Crippen molar-refractivity contribution in [3.8, 4) is 0 Å². The molecular weight excluding hydrogens is 300 g/mol. The van der Waals surface area contributed by atoms with E-state index in [0.29, 0.717) is 6.42 Å². The summed E-state index contributed by atoms with van der Waals surface area (Å²) in [6.07, 6.45) is 22.1. The molecule has 0 radical (unpaired) electrons. The van der Waals surface area contributed by atoms with Gasteiger partial charge in [0.05, 0.1) is 12.5 Å². The zero-order chi connectivity index (χ0) is 18.0. The van der Waals surface area contributed by atoms with E-state index in [9.17, 15) is 9.90 Å². The molecule has 0 spiro atoms. The third kappa shape index (κ3) is 16.8. The average Bonchev–Trinajstić information content (AvgIpc) is 2.54. The Morgan fingerprint density at radius 1 is 0.958 bits per heavy atom. The maximum atomic E-state index is 10.4. The number of allylic oxidation sites excluding steroid dienone is 7. The van der Waals surface area contributed by atoms with Crippen LogP contribution in [0.15, 0.2) is 48.1 Å². The van der Waals surface area contributed by atoms with Crippen LogP contribution in [0, 0.1) is 0 Å². The van der Waals surface area contributed by atoms with Gasteiger partial charge < -0.3 is 10.2 Å². The highest BCUT2D eigenvalue weighted by atomic mass is 16.4. The van der Waals surface area contributed by atoms with E-state index in [4.69, 9.17) is 5.11 Å². The van der Waals surface area contributed by atoms with Crippen molar-refractivity contribution in [2.24, 2.45) is 0 Å². The highest BCUT2D eigenvalue weighted by Gasteiger charge is 2.06. The number of carboxylic acid groups (broad SMARTS) is 1. The van der Waals surface area contributed by atoms with Crippen LogP contribution in [0.2, 0.25) is 0 Å². The fourth-order valence-corrected chi connectivity index (χ4v) is 2.24. The van der Waals surface area contributed by atoms with Crippen molar-refractivity contribution in [3.63, 3.8) is 0 Å². The summed E-state index contributed by atoms with van der Waals surface area (Å²) >= 11 is 0. The van der Waals surface area contributed by atoms with Crippen molar-refractivity contribution in [2.75, 3.05) is 0 Å².